The van der Waals surface area contributed by atoms with E-state index in [0.717, 1.165) is 4.96 Å². The maximum absolute atomic E-state index is 12.0. The lowest BCUT2D eigenvalue weighted by Crippen LogP contribution is -2.15. The summed E-state index contributed by atoms with van der Waals surface area (Å²) in [7, 11) is 0. The van der Waals surface area contributed by atoms with E-state index < -0.39 is 5.97 Å². The topological polar surface area (TPSA) is 60.7 Å². The molecule has 1 aromatic carbocycles. The van der Waals surface area contributed by atoms with E-state index in [0.29, 0.717) is 16.3 Å². The first-order chi connectivity index (χ1) is 11.0. The minimum absolute atomic E-state index is 0.0169. The Labute approximate surface area is 145 Å². The maximum atomic E-state index is 12.0. The highest BCUT2D eigenvalue weighted by molar-refractivity contribution is 7.15. The van der Waals surface area contributed by atoms with Crippen LogP contribution in [-0.4, -0.2) is 27.7 Å². The Bertz CT molecular complexity index is 859. The third kappa shape index (κ3) is 3.72. The number of esters is 1. The van der Waals surface area contributed by atoms with Crippen LogP contribution in [0, 0.1) is 0 Å². The normalized spacial score (nSPS) is 10.9. The van der Waals surface area contributed by atoms with Crippen molar-refractivity contribution in [1.29, 1.82) is 0 Å². The van der Waals surface area contributed by atoms with Gasteiger partial charge < -0.3 is 4.74 Å². The molecule has 0 unspecified atom stereocenters. The van der Waals surface area contributed by atoms with E-state index in [-0.39, 0.29) is 23.8 Å². The van der Waals surface area contributed by atoms with Crippen molar-refractivity contribution in [2.24, 2.45) is 0 Å². The van der Waals surface area contributed by atoms with Gasteiger partial charge in [0.05, 0.1) is 22.2 Å². The summed E-state index contributed by atoms with van der Waals surface area (Å²) < 4.78 is 6.82. The summed E-state index contributed by atoms with van der Waals surface area (Å²) in [4.78, 5) is 28.9. The number of halogens is 2. The van der Waals surface area contributed by atoms with Crippen molar-refractivity contribution in [3.63, 3.8) is 0 Å². The minimum atomic E-state index is -0.510. The number of imidazole rings is 1. The average molecular weight is 369 g/mol. The van der Waals surface area contributed by atoms with Crippen molar-refractivity contribution >= 4 is 51.3 Å². The molecule has 2 aromatic heterocycles. The van der Waals surface area contributed by atoms with Gasteiger partial charge in [-0.25, -0.2) is 4.98 Å². The Balaban J connectivity index is 1.56. The first-order valence-corrected chi connectivity index (χ1v) is 8.21. The van der Waals surface area contributed by atoms with Crippen LogP contribution in [0.1, 0.15) is 16.1 Å². The maximum Gasteiger partial charge on any atom is 0.312 e. The molecule has 0 spiro atoms. The largest absolute Gasteiger partial charge is 0.457 e. The van der Waals surface area contributed by atoms with Crippen molar-refractivity contribution in [3.05, 3.63) is 57.3 Å². The number of hydrogen-bond acceptors (Lipinski definition) is 5. The second-order valence-corrected chi connectivity index (χ2v) is 6.40. The number of rotatable bonds is 5. The number of ketones is 1. The van der Waals surface area contributed by atoms with Gasteiger partial charge in [-0.1, -0.05) is 23.2 Å². The smallest absolute Gasteiger partial charge is 0.312 e. The number of Topliss-reactive ketones (excluding diaryl/α,β-unsaturated/α-hetero) is 1. The van der Waals surface area contributed by atoms with Gasteiger partial charge in [0, 0.05) is 23.3 Å². The number of aromatic nitrogens is 2. The monoisotopic (exact) mass is 368 g/mol. The number of thiazole rings is 1. The van der Waals surface area contributed by atoms with Gasteiger partial charge in [0.15, 0.2) is 17.4 Å². The molecule has 0 N–H and O–H groups in total. The molecule has 0 amide bonds. The lowest BCUT2D eigenvalue weighted by molar-refractivity contribution is -0.141. The van der Waals surface area contributed by atoms with Gasteiger partial charge in [-0.3, -0.25) is 14.0 Å². The third-order valence-corrected chi connectivity index (χ3v) is 4.58. The number of ether oxygens (including phenoxy) is 1. The molecule has 0 saturated carbocycles. The Kier molecular flexibility index (Phi) is 4.66. The van der Waals surface area contributed by atoms with Gasteiger partial charge in [-0.05, 0) is 18.2 Å². The Morgan fingerprint density at radius 2 is 2.09 bits per heavy atom. The molecule has 8 heteroatoms. The Morgan fingerprint density at radius 1 is 1.26 bits per heavy atom. The van der Waals surface area contributed by atoms with E-state index in [9.17, 15) is 9.59 Å². The van der Waals surface area contributed by atoms with Crippen molar-refractivity contribution in [1.82, 2.24) is 9.38 Å². The van der Waals surface area contributed by atoms with E-state index in [2.05, 4.69) is 4.98 Å². The number of benzene rings is 1. The summed E-state index contributed by atoms with van der Waals surface area (Å²) >= 11 is 13.1. The number of hydrogen-bond donors (Lipinski definition) is 0. The highest BCUT2D eigenvalue weighted by Crippen LogP contribution is 2.22. The summed E-state index contributed by atoms with van der Waals surface area (Å²) in [6.07, 6.45) is 3.63. The predicted octanol–water partition coefficient (Wildman–Crippen LogP) is 3.67. The minimum Gasteiger partial charge on any atom is -0.457 e. The van der Waals surface area contributed by atoms with Crippen LogP contribution in [0.4, 0.5) is 0 Å². The first kappa shape index (κ1) is 16.0. The number of carbonyl (C=O) groups is 2. The summed E-state index contributed by atoms with van der Waals surface area (Å²) in [6, 6.07) is 4.51. The zero-order valence-corrected chi connectivity index (χ0v) is 14.0. The molecule has 0 radical (unpaired) electrons. The van der Waals surface area contributed by atoms with Crippen LogP contribution in [0.25, 0.3) is 4.96 Å². The predicted molar refractivity (Wildman–Crippen MR) is 88.5 cm³/mol. The molecule has 0 bridgehead atoms. The van der Waals surface area contributed by atoms with Crippen LogP contribution in [0.3, 0.4) is 0 Å². The molecule has 5 nitrogen and oxygen atoms in total. The Morgan fingerprint density at radius 3 is 2.83 bits per heavy atom. The van der Waals surface area contributed by atoms with E-state index >= 15 is 0 Å². The summed E-state index contributed by atoms with van der Waals surface area (Å²) in [6.45, 7) is -0.348. The highest BCUT2D eigenvalue weighted by Gasteiger charge is 2.13. The quantitative estimate of drug-likeness (QED) is 0.509. The van der Waals surface area contributed by atoms with Gasteiger partial charge in [0.25, 0.3) is 0 Å². The lowest BCUT2D eigenvalue weighted by atomic mass is 10.1. The standard InChI is InChI=1S/C15H10Cl2N2O3S/c16-11-2-1-9(5-12(11)17)13(20)8-22-14(21)6-10-7-19-3-4-23-15(19)18-10/h1-5,7H,6,8H2. The third-order valence-electron chi connectivity index (χ3n) is 3.07. The SMILES string of the molecule is O=C(Cc1cn2ccsc2n1)OCC(=O)c1ccc(Cl)c(Cl)c1. The van der Waals surface area contributed by atoms with Gasteiger partial charge in [-0.15, -0.1) is 11.3 Å². The lowest BCUT2D eigenvalue weighted by Gasteiger charge is -2.04. The molecule has 0 saturated heterocycles. The van der Waals surface area contributed by atoms with E-state index in [1.54, 1.807) is 6.20 Å². The summed E-state index contributed by atoms with van der Waals surface area (Å²) in [5, 5.41) is 2.54. The molecule has 0 aliphatic carbocycles. The van der Waals surface area contributed by atoms with Crippen molar-refractivity contribution in [3.8, 4) is 0 Å². The molecule has 23 heavy (non-hydrogen) atoms. The molecule has 0 aliphatic heterocycles. The van der Waals surface area contributed by atoms with Gasteiger partial charge in [0.1, 0.15) is 0 Å². The zero-order valence-electron chi connectivity index (χ0n) is 11.7. The molecule has 118 valence electrons. The fourth-order valence-electron chi connectivity index (χ4n) is 1.96. The van der Waals surface area contributed by atoms with Gasteiger partial charge >= 0.3 is 5.97 Å². The van der Waals surface area contributed by atoms with Crippen LogP contribution in [0.5, 0.6) is 0 Å². The Hall–Kier alpha value is -1.89. The molecular formula is C15H10Cl2N2O3S. The molecular weight excluding hydrogens is 359 g/mol. The molecule has 3 aromatic rings. The number of nitrogens with zero attached hydrogens (tertiary/aromatic N) is 2. The summed E-state index contributed by atoms with van der Waals surface area (Å²) in [5.74, 6) is -0.855. The highest BCUT2D eigenvalue weighted by atomic mass is 35.5. The zero-order chi connectivity index (χ0) is 16.4. The summed E-state index contributed by atoms with van der Waals surface area (Å²) in [5.41, 5.74) is 0.943. The van der Waals surface area contributed by atoms with Gasteiger partial charge in [-0.2, -0.15) is 0 Å². The average Bonchev–Trinajstić information content (AvgIpc) is 3.08. The van der Waals surface area contributed by atoms with Gasteiger partial charge in [0.2, 0.25) is 0 Å². The van der Waals surface area contributed by atoms with E-state index in [1.165, 1.54) is 29.5 Å². The second kappa shape index (κ2) is 6.70. The second-order valence-electron chi connectivity index (χ2n) is 4.71. The molecule has 3 rings (SSSR count). The molecule has 0 atom stereocenters. The van der Waals surface area contributed by atoms with Crippen LogP contribution in [0.15, 0.2) is 36.0 Å². The number of carbonyl (C=O) groups excluding carboxylic acids is 2. The van der Waals surface area contributed by atoms with Crippen LogP contribution >= 0.6 is 34.5 Å². The number of fused-ring (bicyclic) bond motifs is 1. The molecule has 2 heterocycles. The van der Waals surface area contributed by atoms with Crippen LogP contribution < -0.4 is 0 Å². The fraction of sp³-hybridized carbons (Fsp3) is 0.133. The van der Waals surface area contributed by atoms with Crippen LogP contribution in [-0.2, 0) is 16.0 Å². The molecule has 0 aliphatic rings. The fourth-order valence-corrected chi connectivity index (χ4v) is 2.98. The molecule has 0 fully saturated rings. The van der Waals surface area contributed by atoms with E-state index in [1.807, 2.05) is 16.0 Å². The van der Waals surface area contributed by atoms with Crippen molar-refractivity contribution in [2.45, 2.75) is 6.42 Å². The van der Waals surface area contributed by atoms with E-state index in [4.69, 9.17) is 27.9 Å². The van der Waals surface area contributed by atoms with Crippen LogP contribution in [0.2, 0.25) is 10.0 Å². The van der Waals surface area contributed by atoms with Crippen molar-refractivity contribution in [2.75, 3.05) is 6.61 Å². The van der Waals surface area contributed by atoms with Crippen molar-refractivity contribution < 1.29 is 14.3 Å². The first-order valence-electron chi connectivity index (χ1n) is 6.58.